The second-order valence-electron chi connectivity index (χ2n) is 8.50. The van der Waals surface area contributed by atoms with Gasteiger partial charge < -0.3 is 0 Å². The van der Waals surface area contributed by atoms with Gasteiger partial charge in [0, 0.05) is 0 Å². The maximum Gasteiger partial charge on any atom is -0.0105 e. The monoisotopic (exact) mass is 438 g/mol. The van der Waals surface area contributed by atoms with Gasteiger partial charge in [0.15, 0.2) is 0 Å². The number of fused-ring (bicyclic) bond motifs is 2. The van der Waals surface area contributed by atoms with Gasteiger partial charge in [0.2, 0.25) is 0 Å². The summed E-state index contributed by atoms with van der Waals surface area (Å²) in [5.74, 6) is 0. The molecule has 0 heterocycles. The molecular weight excluding hydrogens is 415 g/mol. The molecule has 0 fully saturated rings. The van der Waals surface area contributed by atoms with Gasteiger partial charge >= 0.3 is 0 Å². The molecule has 0 saturated carbocycles. The third kappa shape index (κ3) is 3.84. The van der Waals surface area contributed by atoms with Gasteiger partial charge in [-0.15, -0.1) is 9.24 Å². The summed E-state index contributed by atoms with van der Waals surface area (Å²) in [7, 11) is 2.74. The van der Waals surface area contributed by atoms with Crippen molar-refractivity contribution in [3.63, 3.8) is 0 Å². The Morgan fingerprint density at radius 2 is 0.879 bits per heavy atom. The predicted molar refractivity (Wildman–Crippen MR) is 147 cm³/mol. The number of rotatable bonds is 3. The van der Waals surface area contributed by atoms with E-state index in [9.17, 15) is 0 Å². The lowest BCUT2D eigenvalue weighted by Crippen LogP contribution is -1.88. The van der Waals surface area contributed by atoms with Crippen LogP contribution in [0.4, 0.5) is 0 Å². The SMILES string of the molecule is Pc1ccc(-c2ccc3cc(-c4ccc(-c5cccc6ccccc56)cc4)ccc3c2)cc1. The maximum atomic E-state index is 2.74. The summed E-state index contributed by atoms with van der Waals surface area (Å²) in [5.41, 5.74) is 7.50. The Hall–Kier alpha value is -3.73. The highest BCUT2D eigenvalue weighted by molar-refractivity contribution is 7.27. The smallest absolute Gasteiger partial charge is 0.0105 e. The third-order valence-electron chi connectivity index (χ3n) is 6.40. The Morgan fingerprint density at radius 1 is 0.364 bits per heavy atom. The molecule has 6 rings (SSSR count). The van der Waals surface area contributed by atoms with Crippen molar-refractivity contribution < 1.29 is 0 Å². The van der Waals surface area contributed by atoms with E-state index < -0.39 is 0 Å². The van der Waals surface area contributed by atoms with Gasteiger partial charge in [0.1, 0.15) is 0 Å². The van der Waals surface area contributed by atoms with Crippen LogP contribution in [-0.2, 0) is 0 Å². The second kappa shape index (κ2) is 8.32. The minimum Gasteiger partial charge on any atom is -0.106 e. The van der Waals surface area contributed by atoms with E-state index in [1.807, 2.05) is 0 Å². The van der Waals surface area contributed by atoms with Crippen LogP contribution in [0.15, 0.2) is 127 Å². The summed E-state index contributed by atoms with van der Waals surface area (Å²) in [5, 5.41) is 6.30. The van der Waals surface area contributed by atoms with Crippen LogP contribution in [0.25, 0.3) is 54.9 Å². The summed E-state index contributed by atoms with van der Waals surface area (Å²) >= 11 is 0. The fourth-order valence-electron chi connectivity index (χ4n) is 4.60. The van der Waals surface area contributed by atoms with Crippen molar-refractivity contribution in [1.82, 2.24) is 0 Å². The zero-order valence-corrected chi connectivity index (χ0v) is 19.4. The summed E-state index contributed by atoms with van der Waals surface area (Å²) < 4.78 is 0. The molecule has 0 spiro atoms. The molecule has 156 valence electrons. The van der Waals surface area contributed by atoms with E-state index in [1.54, 1.807) is 0 Å². The molecule has 33 heavy (non-hydrogen) atoms. The van der Waals surface area contributed by atoms with Gasteiger partial charge in [-0.25, -0.2) is 0 Å². The highest BCUT2D eigenvalue weighted by Crippen LogP contribution is 2.32. The molecule has 6 aromatic rings. The molecule has 0 saturated heterocycles. The van der Waals surface area contributed by atoms with E-state index in [1.165, 1.54) is 60.2 Å². The van der Waals surface area contributed by atoms with E-state index in [0.717, 1.165) is 0 Å². The minimum atomic E-state index is 1.20. The number of hydrogen-bond acceptors (Lipinski definition) is 0. The van der Waals surface area contributed by atoms with Crippen molar-refractivity contribution in [2.24, 2.45) is 0 Å². The summed E-state index contributed by atoms with van der Waals surface area (Å²) in [6.45, 7) is 0. The molecule has 1 heteroatoms. The minimum absolute atomic E-state index is 1.20. The topological polar surface area (TPSA) is 0 Å². The first kappa shape index (κ1) is 19.9. The van der Waals surface area contributed by atoms with Crippen molar-refractivity contribution in [2.45, 2.75) is 0 Å². The normalized spacial score (nSPS) is 11.2. The van der Waals surface area contributed by atoms with Crippen LogP contribution < -0.4 is 5.30 Å². The molecule has 0 aromatic heterocycles. The number of benzene rings is 6. The summed E-state index contributed by atoms with van der Waals surface area (Å²) in [6.07, 6.45) is 0. The van der Waals surface area contributed by atoms with Crippen LogP contribution in [0.1, 0.15) is 0 Å². The van der Waals surface area contributed by atoms with Crippen LogP contribution >= 0.6 is 9.24 Å². The van der Waals surface area contributed by atoms with Crippen LogP contribution in [0.2, 0.25) is 0 Å². The average molecular weight is 439 g/mol. The molecule has 0 radical (unpaired) electrons. The van der Waals surface area contributed by atoms with Crippen molar-refractivity contribution in [2.75, 3.05) is 0 Å². The van der Waals surface area contributed by atoms with Crippen molar-refractivity contribution >= 4 is 36.1 Å². The number of hydrogen-bond donors (Lipinski definition) is 0. The van der Waals surface area contributed by atoms with Crippen molar-refractivity contribution in [3.8, 4) is 33.4 Å². The van der Waals surface area contributed by atoms with Crippen LogP contribution in [0.3, 0.4) is 0 Å². The van der Waals surface area contributed by atoms with Crippen molar-refractivity contribution in [1.29, 1.82) is 0 Å². The van der Waals surface area contributed by atoms with E-state index in [2.05, 4.69) is 137 Å². The van der Waals surface area contributed by atoms with Gasteiger partial charge in [-0.1, -0.05) is 115 Å². The van der Waals surface area contributed by atoms with Gasteiger partial charge in [0.05, 0.1) is 0 Å². The van der Waals surface area contributed by atoms with E-state index in [4.69, 9.17) is 0 Å². The molecule has 1 unspecified atom stereocenters. The lowest BCUT2D eigenvalue weighted by molar-refractivity contribution is 1.61. The quantitative estimate of drug-likeness (QED) is 0.243. The molecule has 1 atom stereocenters. The van der Waals surface area contributed by atoms with Crippen LogP contribution in [0.5, 0.6) is 0 Å². The highest BCUT2D eigenvalue weighted by Gasteiger charge is 2.06. The fraction of sp³-hybridized carbons (Fsp3) is 0. The Bertz CT molecular complexity index is 1590. The Labute approximate surface area is 196 Å². The maximum absolute atomic E-state index is 2.74. The zero-order chi connectivity index (χ0) is 22.2. The second-order valence-corrected chi connectivity index (χ2v) is 9.17. The fourth-order valence-corrected chi connectivity index (χ4v) is 4.79. The first-order valence-corrected chi connectivity index (χ1v) is 11.8. The van der Waals surface area contributed by atoms with Crippen LogP contribution in [-0.4, -0.2) is 0 Å². The van der Waals surface area contributed by atoms with Crippen LogP contribution in [0, 0.1) is 0 Å². The largest absolute Gasteiger partial charge is 0.106 e. The highest BCUT2D eigenvalue weighted by atomic mass is 31.0. The molecule has 0 aliphatic carbocycles. The average Bonchev–Trinajstić information content (AvgIpc) is 2.88. The molecular formula is C32H23P. The molecule has 0 aliphatic heterocycles. The Morgan fingerprint density at radius 3 is 1.55 bits per heavy atom. The molecule has 0 amide bonds. The lowest BCUT2D eigenvalue weighted by Gasteiger charge is -2.10. The third-order valence-corrected chi connectivity index (χ3v) is 6.79. The van der Waals surface area contributed by atoms with Crippen molar-refractivity contribution in [3.05, 3.63) is 127 Å². The first-order valence-electron chi connectivity index (χ1n) is 11.2. The zero-order valence-electron chi connectivity index (χ0n) is 18.2. The lowest BCUT2D eigenvalue weighted by atomic mass is 9.95. The Balaban J connectivity index is 1.33. The Kier molecular flexibility index (Phi) is 5.02. The van der Waals surface area contributed by atoms with E-state index >= 15 is 0 Å². The van der Waals surface area contributed by atoms with Gasteiger partial charge in [-0.3, -0.25) is 0 Å². The van der Waals surface area contributed by atoms with E-state index in [-0.39, 0.29) is 0 Å². The standard InChI is InChI=1S/C32H23P/c33-30-18-16-23(17-19-30)27-13-15-28-20-26(12-14-29(28)21-27)22-8-10-25(11-9-22)32-7-3-5-24-4-1-2-6-31(24)32/h1-21H,33H2. The summed E-state index contributed by atoms with van der Waals surface area (Å²) in [4.78, 5) is 0. The summed E-state index contributed by atoms with van der Waals surface area (Å²) in [6, 6.07) is 46.1. The molecule has 0 N–H and O–H groups in total. The molecule has 0 nitrogen and oxygen atoms in total. The molecule has 0 aliphatic rings. The van der Waals surface area contributed by atoms with E-state index in [0.29, 0.717) is 0 Å². The molecule has 6 aromatic carbocycles. The molecule has 0 bridgehead atoms. The predicted octanol–water partition coefficient (Wildman–Crippen LogP) is 8.49. The first-order chi connectivity index (χ1) is 16.2. The van der Waals surface area contributed by atoms with Gasteiger partial charge in [-0.2, -0.15) is 0 Å². The van der Waals surface area contributed by atoms with Gasteiger partial charge in [-0.05, 0) is 72.4 Å². The van der Waals surface area contributed by atoms with Gasteiger partial charge in [0.25, 0.3) is 0 Å².